The third kappa shape index (κ3) is 6.02. The van der Waals surface area contributed by atoms with Crippen LogP contribution in [0.15, 0.2) is 54.6 Å². The molecular weight excluding hydrogens is 344 g/mol. The Bertz CT molecular complexity index is 764. The van der Waals surface area contributed by atoms with Crippen molar-refractivity contribution in [3.05, 3.63) is 65.7 Å². The fourth-order valence-electron chi connectivity index (χ4n) is 2.65. The highest BCUT2D eigenvalue weighted by Gasteiger charge is 2.20. The Morgan fingerprint density at radius 2 is 1.70 bits per heavy atom. The summed E-state index contributed by atoms with van der Waals surface area (Å²) in [5, 5.41) is 11.9. The van der Waals surface area contributed by atoms with Gasteiger partial charge < -0.3 is 20.1 Å². The van der Waals surface area contributed by atoms with E-state index in [1.807, 2.05) is 61.5 Å². The minimum atomic E-state index is -0.928. The number of benzene rings is 2. The monoisotopic (exact) mass is 370 g/mol. The molecule has 0 spiro atoms. The summed E-state index contributed by atoms with van der Waals surface area (Å²) in [6.45, 7) is 4.02. The van der Waals surface area contributed by atoms with Gasteiger partial charge in [-0.15, -0.1) is 0 Å². The van der Waals surface area contributed by atoms with E-state index in [1.54, 1.807) is 14.0 Å². The molecule has 0 aromatic heterocycles. The second-order valence-electron chi connectivity index (χ2n) is 6.60. The summed E-state index contributed by atoms with van der Waals surface area (Å²) in [4.78, 5) is 24.7. The molecule has 0 saturated carbocycles. The number of rotatable bonds is 8. The molecular formula is C21H26N2O4. The van der Waals surface area contributed by atoms with Crippen molar-refractivity contribution in [3.8, 4) is 5.75 Å². The number of nitrogens with zero attached hydrogens (tertiary/aromatic N) is 1. The summed E-state index contributed by atoms with van der Waals surface area (Å²) in [5.41, 5.74) is 1.92. The fraction of sp³-hybridized carbons (Fsp3) is 0.333. The number of aliphatic carboxylic acids is 1. The van der Waals surface area contributed by atoms with E-state index in [4.69, 9.17) is 9.84 Å². The van der Waals surface area contributed by atoms with E-state index in [-0.39, 0.29) is 18.6 Å². The van der Waals surface area contributed by atoms with Crippen molar-refractivity contribution in [2.75, 3.05) is 13.6 Å². The molecule has 0 radical (unpaired) electrons. The van der Waals surface area contributed by atoms with E-state index in [0.29, 0.717) is 12.4 Å². The van der Waals surface area contributed by atoms with Gasteiger partial charge >= 0.3 is 12.0 Å². The molecule has 2 atom stereocenters. The van der Waals surface area contributed by atoms with Crippen LogP contribution in [0.25, 0.3) is 0 Å². The van der Waals surface area contributed by atoms with Gasteiger partial charge in [-0.25, -0.2) is 4.79 Å². The van der Waals surface area contributed by atoms with Crippen LogP contribution in [0.5, 0.6) is 5.75 Å². The van der Waals surface area contributed by atoms with Gasteiger partial charge in [0.1, 0.15) is 12.4 Å². The van der Waals surface area contributed by atoms with Crippen molar-refractivity contribution >= 4 is 12.0 Å². The van der Waals surface area contributed by atoms with Crippen molar-refractivity contribution < 1.29 is 19.4 Å². The summed E-state index contributed by atoms with van der Waals surface area (Å²) >= 11 is 0. The minimum absolute atomic E-state index is 0.139. The predicted octanol–water partition coefficient (Wildman–Crippen LogP) is 3.69. The Morgan fingerprint density at radius 3 is 2.37 bits per heavy atom. The number of carboxylic acids is 1. The molecule has 0 saturated heterocycles. The van der Waals surface area contributed by atoms with Gasteiger partial charge in [-0.2, -0.15) is 0 Å². The molecule has 0 bridgehead atoms. The number of nitrogens with one attached hydrogen (secondary N) is 1. The van der Waals surface area contributed by atoms with Crippen LogP contribution in [0.1, 0.15) is 31.0 Å². The predicted molar refractivity (Wildman–Crippen MR) is 104 cm³/mol. The largest absolute Gasteiger partial charge is 0.489 e. The first-order valence-corrected chi connectivity index (χ1v) is 8.88. The lowest BCUT2D eigenvalue weighted by atomic mass is 10.1. The molecule has 0 aliphatic carbocycles. The van der Waals surface area contributed by atoms with Crippen molar-refractivity contribution in [1.82, 2.24) is 10.2 Å². The summed E-state index contributed by atoms with van der Waals surface area (Å²) in [6, 6.07) is 16.8. The standard InChI is InChI=1S/C21H26N2O4/c1-15(20(24)25)13-23(3)21(26)22-16(2)18-11-7-8-12-19(18)27-14-17-9-5-4-6-10-17/h4-12,15-16H,13-14H2,1-3H3,(H,22,26)(H,24,25)/t15?,16-/m1/s1. The molecule has 1 unspecified atom stereocenters. The maximum atomic E-state index is 12.4. The Balaban J connectivity index is 2.00. The van der Waals surface area contributed by atoms with Crippen LogP contribution >= 0.6 is 0 Å². The molecule has 0 aliphatic heterocycles. The molecule has 0 aliphatic rings. The average molecular weight is 370 g/mol. The lowest BCUT2D eigenvalue weighted by Gasteiger charge is -2.24. The van der Waals surface area contributed by atoms with E-state index >= 15 is 0 Å². The third-order valence-electron chi connectivity index (χ3n) is 4.28. The van der Waals surface area contributed by atoms with Gasteiger partial charge in [-0.3, -0.25) is 4.79 Å². The number of amides is 2. The number of carboxylic acid groups (broad SMARTS) is 1. The molecule has 6 heteroatoms. The molecule has 2 amide bonds. The van der Waals surface area contributed by atoms with Gasteiger partial charge in [-0.05, 0) is 18.6 Å². The van der Waals surface area contributed by atoms with E-state index < -0.39 is 11.9 Å². The number of hydrogen-bond acceptors (Lipinski definition) is 3. The molecule has 2 rings (SSSR count). The van der Waals surface area contributed by atoms with Crippen LogP contribution in [-0.4, -0.2) is 35.6 Å². The number of urea groups is 1. The number of hydrogen-bond donors (Lipinski definition) is 2. The number of ether oxygens (including phenoxy) is 1. The lowest BCUT2D eigenvalue weighted by molar-refractivity contribution is -0.141. The highest BCUT2D eigenvalue weighted by molar-refractivity contribution is 5.76. The molecule has 0 fully saturated rings. The van der Waals surface area contributed by atoms with Crippen LogP contribution in [0.4, 0.5) is 4.79 Å². The Labute approximate surface area is 159 Å². The summed E-state index contributed by atoms with van der Waals surface area (Å²) in [7, 11) is 1.58. The van der Waals surface area contributed by atoms with E-state index in [9.17, 15) is 9.59 Å². The van der Waals surface area contributed by atoms with E-state index in [0.717, 1.165) is 11.1 Å². The van der Waals surface area contributed by atoms with E-state index in [2.05, 4.69) is 5.32 Å². The zero-order chi connectivity index (χ0) is 19.8. The number of carbonyl (C=O) groups is 2. The van der Waals surface area contributed by atoms with Crippen LogP contribution < -0.4 is 10.1 Å². The highest BCUT2D eigenvalue weighted by Crippen LogP contribution is 2.25. The Morgan fingerprint density at radius 1 is 1.07 bits per heavy atom. The number of carbonyl (C=O) groups excluding carboxylic acids is 1. The maximum absolute atomic E-state index is 12.4. The smallest absolute Gasteiger partial charge is 0.317 e. The molecule has 0 heterocycles. The Hall–Kier alpha value is -3.02. The van der Waals surface area contributed by atoms with Crippen LogP contribution in [0.3, 0.4) is 0 Å². The lowest BCUT2D eigenvalue weighted by Crippen LogP contribution is -2.41. The fourth-order valence-corrected chi connectivity index (χ4v) is 2.65. The quantitative estimate of drug-likeness (QED) is 0.743. The van der Waals surface area contributed by atoms with Gasteiger partial charge in [0.2, 0.25) is 0 Å². The Kier molecular flexibility index (Phi) is 7.23. The molecule has 144 valence electrons. The van der Waals surface area contributed by atoms with Crippen LogP contribution in [-0.2, 0) is 11.4 Å². The second-order valence-corrected chi connectivity index (χ2v) is 6.60. The molecule has 6 nitrogen and oxygen atoms in total. The van der Waals surface area contributed by atoms with Gasteiger partial charge in [0.05, 0.1) is 12.0 Å². The van der Waals surface area contributed by atoms with Crippen molar-refractivity contribution in [2.45, 2.75) is 26.5 Å². The van der Waals surface area contributed by atoms with Gasteiger partial charge in [0.15, 0.2) is 0 Å². The average Bonchev–Trinajstić information content (AvgIpc) is 2.67. The first kappa shape index (κ1) is 20.3. The first-order valence-electron chi connectivity index (χ1n) is 8.88. The highest BCUT2D eigenvalue weighted by atomic mass is 16.5. The molecule has 2 N–H and O–H groups in total. The first-order chi connectivity index (χ1) is 12.9. The molecule has 27 heavy (non-hydrogen) atoms. The van der Waals surface area contributed by atoms with Gasteiger partial charge in [-0.1, -0.05) is 55.5 Å². The SMILES string of the molecule is CC(CN(C)C(=O)N[C@H](C)c1ccccc1OCc1ccccc1)C(=O)O. The topological polar surface area (TPSA) is 78.9 Å². The summed E-state index contributed by atoms with van der Waals surface area (Å²) < 4.78 is 5.94. The van der Waals surface area contributed by atoms with Gasteiger partial charge in [0.25, 0.3) is 0 Å². The number of para-hydroxylation sites is 1. The molecule has 2 aromatic rings. The van der Waals surface area contributed by atoms with Crippen molar-refractivity contribution in [2.24, 2.45) is 5.92 Å². The van der Waals surface area contributed by atoms with Crippen molar-refractivity contribution in [3.63, 3.8) is 0 Å². The minimum Gasteiger partial charge on any atom is -0.489 e. The summed E-state index contributed by atoms with van der Waals surface area (Å²) in [5.74, 6) is -0.851. The zero-order valence-corrected chi connectivity index (χ0v) is 15.9. The zero-order valence-electron chi connectivity index (χ0n) is 15.9. The van der Waals surface area contributed by atoms with Crippen LogP contribution in [0, 0.1) is 5.92 Å². The second kappa shape index (κ2) is 9.62. The maximum Gasteiger partial charge on any atom is 0.317 e. The van der Waals surface area contributed by atoms with Crippen molar-refractivity contribution in [1.29, 1.82) is 0 Å². The van der Waals surface area contributed by atoms with E-state index in [1.165, 1.54) is 4.90 Å². The summed E-state index contributed by atoms with van der Waals surface area (Å²) in [6.07, 6.45) is 0. The normalized spacial score (nSPS) is 12.7. The van der Waals surface area contributed by atoms with Crippen LogP contribution in [0.2, 0.25) is 0 Å². The third-order valence-corrected chi connectivity index (χ3v) is 4.28. The van der Waals surface area contributed by atoms with Gasteiger partial charge in [0, 0.05) is 19.2 Å². The molecule has 2 aromatic carbocycles.